The fraction of sp³-hybridized carbons (Fsp3) is 0.333. The van der Waals surface area contributed by atoms with Gasteiger partial charge in [-0.3, -0.25) is 4.98 Å². The average Bonchev–Trinajstić information content (AvgIpc) is 2.48. The molecule has 3 heteroatoms. The lowest BCUT2D eigenvalue weighted by Crippen LogP contribution is -2.17. The van der Waals surface area contributed by atoms with Crippen molar-refractivity contribution in [1.82, 2.24) is 9.97 Å². The van der Waals surface area contributed by atoms with Crippen LogP contribution in [0.3, 0.4) is 0 Å². The summed E-state index contributed by atoms with van der Waals surface area (Å²) < 4.78 is 0. The Kier molecular flexibility index (Phi) is 7.21. The summed E-state index contributed by atoms with van der Waals surface area (Å²) in [6.07, 6.45) is 7.60. The zero-order valence-electron chi connectivity index (χ0n) is 11.1. The molecule has 0 amide bonds. The van der Waals surface area contributed by atoms with Crippen molar-refractivity contribution in [2.45, 2.75) is 32.7 Å². The molecule has 0 aromatic carbocycles. The molecule has 0 spiro atoms. The first kappa shape index (κ1) is 14.2. The van der Waals surface area contributed by atoms with Gasteiger partial charge in [0, 0.05) is 24.6 Å². The minimum atomic E-state index is 0.555. The van der Waals surface area contributed by atoms with E-state index < -0.39 is 0 Å². The number of rotatable bonds is 4. The lowest BCUT2D eigenvalue weighted by molar-refractivity contribution is 0.668. The Labute approximate surface area is 109 Å². The van der Waals surface area contributed by atoms with Gasteiger partial charge in [-0.1, -0.05) is 26.0 Å². The van der Waals surface area contributed by atoms with Crippen LogP contribution in [0, 0.1) is 0 Å². The zero-order valence-corrected chi connectivity index (χ0v) is 11.1. The number of nitrogens with zero attached hydrogens (tertiary/aromatic N) is 2. The highest BCUT2D eigenvalue weighted by Gasteiger charge is 2.01. The van der Waals surface area contributed by atoms with Gasteiger partial charge in [-0.25, -0.2) is 4.98 Å². The fourth-order valence-electron chi connectivity index (χ4n) is 1.46. The van der Waals surface area contributed by atoms with Crippen molar-refractivity contribution in [2.75, 3.05) is 5.32 Å². The Morgan fingerprint density at radius 2 is 1.61 bits per heavy atom. The zero-order chi connectivity index (χ0) is 13.1. The van der Waals surface area contributed by atoms with Crippen molar-refractivity contribution in [3.8, 4) is 0 Å². The van der Waals surface area contributed by atoms with Crippen LogP contribution in [0.1, 0.15) is 26.7 Å². The van der Waals surface area contributed by atoms with Gasteiger partial charge in [-0.15, -0.1) is 0 Å². The highest BCUT2D eigenvalue weighted by Crippen LogP contribution is 2.06. The summed E-state index contributed by atoms with van der Waals surface area (Å²) in [6, 6.07) is 12.2. The summed E-state index contributed by atoms with van der Waals surface area (Å²) in [5.41, 5.74) is 0. The molecule has 0 aliphatic rings. The number of hydrogen-bond acceptors (Lipinski definition) is 3. The highest BCUT2D eigenvalue weighted by molar-refractivity contribution is 5.34. The van der Waals surface area contributed by atoms with Crippen molar-refractivity contribution in [2.24, 2.45) is 0 Å². The smallest absolute Gasteiger partial charge is 0.126 e. The number of pyridine rings is 2. The van der Waals surface area contributed by atoms with E-state index in [2.05, 4.69) is 29.1 Å². The molecule has 0 radical (unpaired) electrons. The van der Waals surface area contributed by atoms with Gasteiger partial charge >= 0.3 is 0 Å². The summed E-state index contributed by atoms with van der Waals surface area (Å²) in [5.74, 6) is 0.978. The predicted octanol–water partition coefficient (Wildman–Crippen LogP) is 3.76. The molecule has 2 heterocycles. The molecule has 0 aliphatic heterocycles. The SMILES string of the molecule is CCC(CC)Nc1ccccn1.c1ccncc1. The summed E-state index contributed by atoms with van der Waals surface area (Å²) in [7, 11) is 0. The maximum Gasteiger partial charge on any atom is 0.126 e. The van der Waals surface area contributed by atoms with E-state index in [-0.39, 0.29) is 0 Å². The second-order valence-electron chi connectivity index (χ2n) is 3.90. The summed E-state index contributed by atoms with van der Waals surface area (Å²) >= 11 is 0. The van der Waals surface area contributed by atoms with Crippen molar-refractivity contribution < 1.29 is 0 Å². The molecule has 0 saturated carbocycles. The summed E-state index contributed by atoms with van der Waals surface area (Å²) in [5, 5.41) is 3.37. The van der Waals surface area contributed by atoms with E-state index in [0.29, 0.717) is 6.04 Å². The largest absolute Gasteiger partial charge is 0.367 e. The van der Waals surface area contributed by atoms with Crippen molar-refractivity contribution in [3.05, 3.63) is 55.0 Å². The van der Waals surface area contributed by atoms with Crippen LogP contribution < -0.4 is 5.32 Å². The van der Waals surface area contributed by atoms with Gasteiger partial charge in [-0.05, 0) is 37.1 Å². The van der Waals surface area contributed by atoms with Crippen LogP contribution >= 0.6 is 0 Å². The van der Waals surface area contributed by atoms with Gasteiger partial charge in [0.05, 0.1) is 0 Å². The molecule has 0 atom stereocenters. The van der Waals surface area contributed by atoms with E-state index in [9.17, 15) is 0 Å². The highest BCUT2D eigenvalue weighted by atomic mass is 15.0. The summed E-state index contributed by atoms with van der Waals surface area (Å²) in [4.78, 5) is 7.99. The second kappa shape index (κ2) is 9.16. The molecule has 18 heavy (non-hydrogen) atoms. The molecule has 0 bridgehead atoms. The molecular formula is C15H21N3. The maximum absolute atomic E-state index is 4.20. The van der Waals surface area contributed by atoms with E-state index in [1.165, 1.54) is 0 Å². The molecule has 1 N–H and O–H groups in total. The standard InChI is InChI=1S/C10H16N2.C5H5N/c1-3-9(4-2)12-10-7-5-6-8-11-10;1-2-4-6-5-3-1/h5-9H,3-4H2,1-2H3,(H,11,12);1-5H. The molecular weight excluding hydrogens is 222 g/mol. The van der Waals surface area contributed by atoms with E-state index >= 15 is 0 Å². The van der Waals surface area contributed by atoms with Gasteiger partial charge in [0.25, 0.3) is 0 Å². The first-order valence-electron chi connectivity index (χ1n) is 6.39. The molecule has 2 rings (SSSR count). The number of anilines is 1. The topological polar surface area (TPSA) is 37.8 Å². The molecule has 2 aromatic rings. The summed E-state index contributed by atoms with van der Waals surface area (Å²) in [6.45, 7) is 4.37. The third-order valence-corrected chi connectivity index (χ3v) is 2.57. The lowest BCUT2D eigenvalue weighted by Gasteiger charge is -2.14. The van der Waals surface area contributed by atoms with Gasteiger partial charge < -0.3 is 5.32 Å². The Hall–Kier alpha value is -1.90. The minimum Gasteiger partial charge on any atom is -0.367 e. The Balaban J connectivity index is 0.000000225. The fourth-order valence-corrected chi connectivity index (χ4v) is 1.46. The van der Waals surface area contributed by atoms with E-state index in [1.807, 2.05) is 42.6 Å². The lowest BCUT2D eigenvalue weighted by atomic mass is 10.2. The van der Waals surface area contributed by atoms with Crippen LogP contribution in [-0.2, 0) is 0 Å². The number of aromatic nitrogens is 2. The maximum atomic E-state index is 4.20. The first-order chi connectivity index (χ1) is 8.86. The van der Waals surface area contributed by atoms with E-state index in [4.69, 9.17) is 0 Å². The molecule has 3 nitrogen and oxygen atoms in total. The Bertz CT molecular complexity index is 358. The van der Waals surface area contributed by atoms with E-state index in [1.54, 1.807) is 12.4 Å². The second-order valence-corrected chi connectivity index (χ2v) is 3.90. The van der Waals surface area contributed by atoms with Crippen LogP contribution in [0.25, 0.3) is 0 Å². The van der Waals surface area contributed by atoms with Crippen LogP contribution in [0.2, 0.25) is 0 Å². The van der Waals surface area contributed by atoms with Crippen LogP contribution in [-0.4, -0.2) is 16.0 Å². The van der Waals surface area contributed by atoms with Crippen molar-refractivity contribution in [1.29, 1.82) is 0 Å². The molecule has 2 aromatic heterocycles. The molecule has 0 fully saturated rings. The molecule has 96 valence electrons. The van der Waals surface area contributed by atoms with Gasteiger partial charge in [0.2, 0.25) is 0 Å². The third kappa shape index (κ3) is 5.99. The normalized spacial score (nSPS) is 9.50. The Morgan fingerprint density at radius 3 is 2.00 bits per heavy atom. The number of hydrogen-bond donors (Lipinski definition) is 1. The van der Waals surface area contributed by atoms with Crippen molar-refractivity contribution >= 4 is 5.82 Å². The van der Waals surface area contributed by atoms with E-state index in [0.717, 1.165) is 18.7 Å². The van der Waals surface area contributed by atoms with Crippen molar-refractivity contribution in [3.63, 3.8) is 0 Å². The van der Waals surface area contributed by atoms with Crippen LogP contribution in [0.5, 0.6) is 0 Å². The minimum absolute atomic E-state index is 0.555. The Morgan fingerprint density at radius 1 is 0.944 bits per heavy atom. The molecule has 0 saturated heterocycles. The quantitative estimate of drug-likeness (QED) is 0.888. The monoisotopic (exact) mass is 243 g/mol. The predicted molar refractivity (Wildman–Crippen MR) is 76.5 cm³/mol. The van der Waals surface area contributed by atoms with Crippen LogP contribution in [0.4, 0.5) is 5.82 Å². The van der Waals surface area contributed by atoms with Gasteiger partial charge in [0.15, 0.2) is 0 Å². The number of nitrogens with one attached hydrogen (secondary N) is 1. The molecule has 0 unspecified atom stereocenters. The van der Waals surface area contributed by atoms with Gasteiger partial charge in [0.1, 0.15) is 5.82 Å². The molecule has 0 aliphatic carbocycles. The average molecular weight is 243 g/mol. The van der Waals surface area contributed by atoms with Crippen LogP contribution in [0.15, 0.2) is 55.0 Å². The third-order valence-electron chi connectivity index (χ3n) is 2.57. The first-order valence-corrected chi connectivity index (χ1v) is 6.39. The van der Waals surface area contributed by atoms with Gasteiger partial charge in [-0.2, -0.15) is 0 Å².